The third-order valence-corrected chi connectivity index (χ3v) is 3.40. The molecule has 0 radical (unpaired) electrons. The molecule has 106 valence electrons. The number of aliphatic hydroxyl groups is 1. The molecular formula is C14H27NO3. The van der Waals surface area contributed by atoms with Crippen molar-refractivity contribution in [2.75, 3.05) is 19.7 Å². The van der Waals surface area contributed by atoms with Crippen molar-refractivity contribution in [2.45, 2.75) is 52.1 Å². The number of aliphatic hydroxyl groups excluding tert-OH is 1. The topological polar surface area (TPSA) is 58.6 Å². The zero-order valence-electron chi connectivity index (χ0n) is 11.9. The van der Waals surface area contributed by atoms with E-state index in [2.05, 4.69) is 5.32 Å². The summed E-state index contributed by atoms with van der Waals surface area (Å²) in [4.78, 5) is 11.5. The predicted molar refractivity (Wildman–Crippen MR) is 71.2 cm³/mol. The number of hydrogen-bond acceptors (Lipinski definition) is 4. The molecule has 1 rings (SSSR count). The van der Waals surface area contributed by atoms with Crippen LogP contribution in [0.4, 0.5) is 0 Å². The lowest BCUT2D eigenvalue weighted by Gasteiger charge is -2.30. The molecule has 0 aromatic heterocycles. The monoisotopic (exact) mass is 257 g/mol. The lowest BCUT2D eigenvalue weighted by atomic mass is 9.79. The van der Waals surface area contributed by atoms with Crippen LogP contribution >= 0.6 is 0 Å². The Hall–Kier alpha value is -0.610. The zero-order chi connectivity index (χ0) is 13.6. The molecule has 18 heavy (non-hydrogen) atoms. The highest BCUT2D eigenvalue weighted by Gasteiger charge is 2.24. The molecule has 4 heteroatoms. The van der Waals surface area contributed by atoms with E-state index in [-0.39, 0.29) is 19.1 Å². The third-order valence-electron chi connectivity index (χ3n) is 3.40. The summed E-state index contributed by atoms with van der Waals surface area (Å²) in [6.07, 6.45) is 4.70. The SMILES string of the molecule is CC(C)(C)OC(=O)CNCC1CCCCC1CO. The molecule has 4 nitrogen and oxygen atoms in total. The molecule has 0 saturated heterocycles. The van der Waals surface area contributed by atoms with E-state index in [9.17, 15) is 9.90 Å². The van der Waals surface area contributed by atoms with Crippen molar-refractivity contribution in [1.29, 1.82) is 0 Å². The fourth-order valence-electron chi connectivity index (χ4n) is 2.53. The van der Waals surface area contributed by atoms with E-state index in [0.29, 0.717) is 11.8 Å². The van der Waals surface area contributed by atoms with Crippen LogP contribution in [-0.2, 0) is 9.53 Å². The van der Waals surface area contributed by atoms with Crippen LogP contribution in [0.25, 0.3) is 0 Å². The summed E-state index contributed by atoms with van der Waals surface area (Å²) in [6.45, 7) is 6.92. The molecule has 0 bridgehead atoms. The van der Waals surface area contributed by atoms with Gasteiger partial charge in [-0.3, -0.25) is 4.79 Å². The zero-order valence-corrected chi connectivity index (χ0v) is 11.9. The van der Waals surface area contributed by atoms with Gasteiger partial charge in [-0.25, -0.2) is 0 Å². The minimum absolute atomic E-state index is 0.209. The Kier molecular flexibility index (Phi) is 6.09. The number of rotatable bonds is 5. The van der Waals surface area contributed by atoms with Gasteiger partial charge in [-0.15, -0.1) is 0 Å². The Balaban J connectivity index is 2.22. The summed E-state index contributed by atoms with van der Waals surface area (Å²) in [5.74, 6) is 0.676. The van der Waals surface area contributed by atoms with Crippen LogP contribution in [0.3, 0.4) is 0 Å². The number of carbonyl (C=O) groups excluding carboxylic acids is 1. The smallest absolute Gasteiger partial charge is 0.320 e. The van der Waals surface area contributed by atoms with E-state index >= 15 is 0 Å². The number of hydrogen-bond donors (Lipinski definition) is 2. The Morgan fingerprint density at radius 2 is 1.89 bits per heavy atom. The van der Waals surface area contributed by atoms with Gasteiger partial charge in [-0.2, -0.15) is 0 Å². The lowest BCUT2D eigenvalue weighted by molar-refractivity contribution is -0.153. The second-order valence-electron chi connectivity index (χ2n) is 6.20. The molecule has 0 amide bonds. The number of nitrogens with one attached hydrogen (secondary N) is 1. The molecular weight excluding hydrogens is 230 g/mol. The average molecular weight is 257 g/mol. The molecule has 1 saturated carbocycles. The third kappa shape index (κ3) is 5.83. The lowest BCUT2D eigenvalue weighted by Crippen LogP contribution is -2.37. The van der Waals surface area contributed by atoms with E-state index in [1.807, 2.05) is 20.8 Å². The quantitative estimate of drug-likeness (QED) is 0.736. The van der Waals surface area contributed by atoms with Crippen molar-refractivity contribution < 1.29 is 14.6 Å². The highest BCUT2D eigenvalue weighted by molar-refractivity contribution is 5.72. The molecule has 2 atom stereocenters. The summed E-state index contributed by atoms with van der Waals surface area (Å²) in [6, 6.07) is 0. The second-order valence-corrected chi connectivity index (χ2v) is 6.20. The minimum Gasteiger partial charge on any atom is -0.459 e. The Morgan fingerprint density at radius 1 is 1.28 bits per heavy atom. The van der Waals surface area contributed by atoms with Crippen LogP contribution in [0.1, 0.15) is 46.5 Å². The Bertz CT molecular complexity index is 260. The van der Waals surface area contributed by atoms with Crippen LogP contribution < -0.4 is 5.32 Å². The van der Waals surface area contributed by atoms with Gasteiger partial charge in [0.2, 0.25) is 0 Å². The first-order valence-electron chi connectivity index (χ1n) is 6.96. The van der Waals surface area contributed by atoms with Crippen molar-refractivity contribution >= 4 is 5.97 Å². The largest absolute Gasteiger partial charge is 0.459 e. The number of ether oxygens (including phenoxy) is 1. The highest BCUT2D eigenvalue weighted by Crippen LogP contribution is 2.28. The van der Waals surface area contributed by atoms with Crippen molar-refractivity contribution in [2.24, 2.45) is 11.8 Å². The maximum absolute atomic E-state index is 11.5. The van der Waals surface area contributed by atoms with E-state index in [0.717, 1.165) is 19.4 Å². The van der Waals surface area contributed by atoms with Crippen LogP contribution in [0, 0.1) is 11.8 Å². The molecule has 0 spiro atoms. The summed E-state index contributed by atoms with van der Waals surface area (Å²) in [5.41, 5.74) is -0.419. The van der Waals surface area contributed by atoms with E-state index in [1.165, 1.54) is 12.8 Å². The molecule has 2 unspecified atom stereocenters. The maximum atomic E-state index is 11.5. The van der Waals surface area contributed by atoms with E-state index < -0.39 is 5.60 Å². The molecule has 1 aliphatic rings. The summed E-state index contributed by atoms with van der Waals surface area (Å²) in [7, 11) is 0. The van der Waals surface area contributed by atoms with Crippen LogP contribution in [0.15, 0.2) is 0 Å². The second kappa shape index (κ2) is 7.10. The van der Waals surface area contributed by atoms with Gasteiger partial charge in [0.25, 0.3) is 0 Å². The number of carbonyl (C=O) groups is 1. The average Bonchev–Trinajstić information content (AvgIpc) is 2.27. The molecule has 1 aliphatic carbocycles. The molecule has 0 heterocycles. The standard InChI is InChI=1S/C14H27NO3/c1-14(2,3)18-13(17)9-15-8-11-6-4-5-7-12(11)10-16/h11-12,15-16H,4-10H2,1-3H3. The van der Waals surface area contributed by atoms with Gasteiger partial charge >= 0.3 is 5.97 Å². The Morgan fingerprint density at radius 3 is 2.44 bits per heavy atom. The summed E-state index contributed by atoms with van der Waals surface area (Å²) in [5, 5.41) is 12.5. The van der Waals surface area contributed by atoms with Crippen LogP contribution in [0.2, 0.25) is 0 Å². The minimum atomic E-state index is -0.419. The number of esters is 1. The van der Waals surface area contributed by atoms with Crippen LogP contribution in [0.5, 0.6) is 0 Å². The normalized spacial score (nSPS) is 24.9. The molecule has 1 fully saturated rings. The van der Waals surface area contributed by atoms with Gasteiger partial charge in [0.05, 0.1) is 6.54 Å². The van der Waals surface area contributed by atoms with Crippen LogP contribution in [-0.4, -0.2) is 36.4 Å². The molecule has 0 aromatic rings. The van der Waals surface area contributed by atoms with Gasteiger partial charge < -0.3 is 15.2 Å². The first kappa shape index (κ1) is 15.4. The fraction of sp³-hybridized carbons (Fsp3) is 0.929. The van der Waals surface area contributed by atoms with Gasteiger partial charge in [-0.1, -0.05) is 12.8 Å². The molecule has 0 aliphatic heterocycles. The van der Waals surface area contributed by atoms with Gasteiger partial charge in [0, 0.05) is 6.61 Å². The first-order chi connectivity index (χ1) is 8.42. The predicted octanol–water partition coefficient (Wildman–Crippen LogP) is 1.72. The van der Waals surface area contributed by atoms with Crippen molar-refractivity contribution in [3.63, 3.8) is 0 Å². The van der Waals surface area contributed by atoms with Gasteiger partial charge in [0.15, 0.2) is 0 Å². The fourth-order valence-corrected chi connectivity index (χ4v) is 2.53. The van der Waals surface area contributed by atoms with Crippen molar-refractivity contribution in [1.82, 2.24) is 5.32 Å². The Labute approximate surface area is 110 Å². The van der Waals surface area contributed by atoms with Gasteiger partial charge in [0.1, 0.15) is 5.60 Å². The molecule has 0 aromatic carbocycles. The summed E-state index contributed by atoms with van der Waals surface area (Å²) < 4.78 is 5.23. The van der Waals surface area contributed by atoms with E-state index in [4.69, 9.17) is 4.74 Å². The van der Waals surface area contributed by atoms with Crippen molar-refractivity contribution in [3.05, 3.63) is 0 Å². The van der Waals surface area contributed by atoms with Gasteiger partial charge in [-0.05, 0) is 52.0 Å². The van der Waals surface area contributed by atoms with E-state index in [1.54, 1.807) is 0 Å². The summed E-state index contributed by atoms with van der Waals surface area (Å²) >= 11 is 0. The maximum Gasteiger partial charge on any atom is 0.320 e. The molecule has 2 N–H and O–H groups in total. The van der Waals surface area contributed by atoms with Crippen molar-refractivity contribution in [3.8, 4) is 0 Å². The first-order valence-corrected chi connectivity index (χ1v) is 6.96. The highest BCUT2D eigenvalue weighted by atomic mass is 16.6.